The highest BCUT2D eigenvalue weighted by Crippen LogP contribution is 2.25. The van der Waals surface area contributed by atoms with Crippen LogP contribution in [0.2, 0.25) is 0 Å². The quantitative estimate of drug-likeness (QED) is 0.793. The number of hydrogen-bond donors (Lipinski definition) is 2. The van der Waals surface area contributed by atoms with E-state index in [-0.39, 0.29) is 17.5 Å². The van der Waals surface area contributed by atoms with E-state index in [1.807, 2.05) is 0 Å². The van der Waals surface area contributed by atoms with Crippen LogP contribution in [0.4, 0.5) is 0 Å². The fourth-order valence-corrected chi connectivity index (χ4v) is 4.32. The van der Waals surface area contributed by atoms with Crippen molar-refractivity contribution in [2.24, 2.45) is 0 Å². The number of aliphatic hydroxyl groups is 1. The molecule has 0 saturated heterocycles. The summed E-state index contributed by atoms with van der Waals surface area (Å²) in [7, 11) is -1.93. The van der Waals surface area contributed by atoms with E-state index in [0.717, 1.165) is 0 Å². The van der Waals surface area contributed by atoms with E-state index in [1.165, 1.54) is 17.4 Å². The van der Waals surface area contributed by atoms with Gasteiger partial charge in [0.05, 0.1) is 11.5 Å². The summed E-state index contributed by atoms with van der Waals surface area (Å²) in [6.45, 7) is 3.90. The summed E-state index contributed by atoms with van der Waals surface area (Å²) in [5, 5.41) is 9.02. The molecule has 0 aliphatic heterocycles. The Morgan fingerprint density at radius 3 is 2.72 bits per heavy atom. The van der Waals surface area contributed by atoms with Crippen LogP contribution in [0.1, 0.15) is 23.1 Å². The number of rotatable bonds is 7. The normalized spacial score (nSPS) is 13.8. The first kappa shape index (κ1) is 15.6. The van der Waals surface area contributed by atoms with Crippen LogP contribution in [0.3, 0.4) is 0 Å². The molecule has 0 radical (unpaired) electrons. The molecule has 0 fully saturated rings. The van der Waals surface area contributed by atoms with Gasteiger partial charge in [-0.15, -0.1) is 11.3 Å². The molecule has 1 heterocycles. The molecule has 1 rings (SSSR count). The smallest absolute Gasteiger partial charge is 0.241 e. The van der Waals surface area contributed by atoms with Crippen molar-refractivity contribution in [1.29, 1.82) is 0 Å². The summed E-state index contributed by atoms with van der Waals surface area (Å²) in [5.41, 5.74) is 0. The lowest BCUT2D eigenvalue weighted by atomic mass is 10.3. The molecule has 2 N–H and O–H groups in total. The average Bonchev–Trinajstić information content (AvgIpc) is 2.68. The Hall–Kier alpha value is -0.470. The summed E-state index contributed by atoms with van der Waals surface area (Å²) in [6.07, 6.45) is 0.617. The highest BCUT2D eigenvalue weighted by Gasteiger charge is 2.21. The molecule has 1 aromatic rings. The molecule has 0 spiro atoms. The van der Waals surface area contributed by atoms with E-state index in [4.69, 9.17) is 9.84 Å². The van der Waals surface area contributed by atoms with E-state index in [2.05, 4.69) is 4.72 Å². The van der Waals surface area contributed by atoms with E-state index in [0.29, 0.717) is 22.8 Å². The molecule has 1 aromatic heterocycles. The van der Waals surface area contributed by atoms with Crippen molar-refractivity contribution in [2.45, 2.75) is 37.8 Å². The lowest BCUT2D eigenvalue weighted by molar-refractivity contribution is 0.188. The molecular weight excluding hydrogens is 274 g/mol. The Bertz CT molecular complexity index is 481. The zero-order valence-corrected chi connectivity index (χ0v) is 12.4. The Morgan fingerprint density at radius 1 is 1.56 bits per heavy atom. The van der Waals surface area contributed by atoms with Crippen LogP contribution >= 0.6 is 11.3 Å². The van der Waals surface area contributed by atoms with Crippen LogP contribution in [0.25, 0.3) is 0 Å². The first-order valence-corrected chi connectivity index (χ1v) is 7.92. The van der Waals surface area contributed by atoms with Gasteiger partial charge in [-0.3, -0.25) is 0 Å². The number of nitrogens with one attached hydrogen (secondary N) is 1. The van der Waals surface area contributed by atoms with Crippen molar-refractivity contribution in [2.75, 3.05) is 13.7 Å². The van der Waals surface area contributed by atoms with Gasteiger partial charge < -0.3 is 9.84 Å². The first-order valence-electron chi connectivity index (χ1n) is 5.62. The topological polar surface area (TPSA) is 75.6 Å². The van der Waals surface area contributed by atoms with Crippen LogP contribution in [0.15, 0.2) is 11.0 Å². The summed E-state index contributed by atoms with van der Waals surface area (Å²) in [6, 6.07) is 1.33. The lowest BCUT2D eigenvalue weighted by Crippen LogP contribution is -2.33. The van der Waals surface area contributed by atoms with Crippen molar-refractivity contribution < 1.29 is 18.3 Å². The molecular formula is C11H19NO4S2. The fraction of sp³-hybridized carbons (Fsp3) is 0.636. The minimum Gasteiger partial charge on any atom is -0.391 e. The van der Waals surface area contributed by atoms with Gasteiger partial charge in [0.15, 0.2) is 0 Å². The number of aryl methyl sites for hydroxylation is 1. The maximum atomic E-state index is 12.1. The molecule has 7 heteroatoms. The summed E-state index contributed by atoms with van der Waals surface area (Å²) in [5.74, 6) is 0. The van der Waals surface area contributed by atoms with Crippen molar-refractivity contribution in [3.63, 3.8) is 0 Å². The largest absolute Gasteiger partial charge is 0.391 e. The lowest BCUT2D eigenvalue weighted by Gasteiger charge is -2.13. The molecule has 0 aromatic carbocycles. The highest BCUT2D eigenvalue weighted by molar-refractivity contribution is 7.89. The SMILES string of the molecule is COCCC(C)NS(=O)(=O)c1cc(CO)sc1C. The van der Waals surface area contributed by atoms with Gasteiger partial charge in [0.2, 0.25) is 10.0 Å². The van der Waals surface area contributed by atoms with Crippen LogP contribution in [0, 0.1) is 6.92 Å². The van der Waals surface area contributed by atoms with Crippen LogP contribution < -0.4 is 4.72 Å². The van der Waals surface area contributed by atoms with Gasteiger partial charge in [-0.1, -0.05) is 0 Å². The standard InChI is InChI=1S/C11H19NO4S2/c1-8(4-5-16-3)12-18(14,15)11-6-10(7-13)17-9(11)2/h6,8,12-13H,4-5,7H2,1-3H3. The average molecular weight is 293 g/mol. The Labute approximate surface area is 112 Å². The van der Waals surface area contributed by atoms with Crippen molar-refractivity contribution >= 4 is 21.4 Å². The number of ether oxygens (including phenoxy) is 1. The Balaban J connectivity index is 2.82. The number of aliphatic hydroxyl groups excluding tert-OH is 1. The van der Waals surface area contributed by atoms with Gasteiger partial charge in [-0.2, -0.15) is 0 Å². The van der Waals surface area contributed by atoms with Crippen molar-refractivity contribution in [1.82, 2.24) is 4.72 Å². The molecule has 0 aliphatic carbocycles. The van der Waals surface area contributed by atoms with Crippen LogP contribution in [-0.2, 0) is 21.4 Å². The van der Waals surface area contributed by atoms with E-state index in [1.54, 1.807) is 21.0 Å². The molecule has 0 saturated carbocycles. The maximum absolute atomic E-state index is 12.1. The van der Waals surface area contributed by atoms with Crippen molar-refractivity contribution in [3.05, 3.63) is 15.8 Å². The molecule has 1 unspecified atom stereocenters. The number of hydrogen-bond acceptors (Lipinski definition) is 5. The molecule has 0 bridgehead atoms. The van der Waals surface area contributed by atoms with E-state index >= 15 is 0 Å². The second-order valence-electron chi connectivity index (χ2n) is 4.10. The predicted octanol–water partition coefficient (Wildman–Crippen LogP) is 1.25. The van der Waals surface area contributed by atoms with Gasteiger partial charge in [0.25, 0.3) is 0 Å². The van der Waals surface area contributed by atoms with Gasteiger partial charge in [0.1, 0.15) is 0 Å². The fourth-order valence-electron chi connectivity index (χ4n) is 1.55. The minimum absolute atomic E-state index is 0.139. The second-order valence-corrected chi connectivity index (χ2v) is 7.12. The molecule has 5 nitrogen and oxygen atoms in total. The molecule has 1 atom stereocenters. The van der Waals surface area contributed by atoms with Crippen LogP contribution in [0.5, 0.6) is 0 Å². The molecule has 18 heavy (non-hydrogen) atoms. The Morgan fingerprint density at radius 2 is 2.22 bits per heavy atom. The van der Waals surface area contributed by atoms with Gasteiger partial charge in [-0.05, 0) is 26.3 Å². The molecule has 0 aliphatic rings. The number of thiophene rings is 1. The third-order valence-electron chi connectivity index (χ3n) is 2.48. The van der Waals surface area contributed by atoms with Crippen molar-refractivity contribution in [3.8, 4) is 0 Å². The third-order valence-corrected chi connectivity index (χ3v) is 5.36. The maximum Gasteiger partial charge on any atom is 0.241 e. The first-order chi connectivity index (χ1) is 8.40. The van der Waals surface area contributed by atoms with E-state index < -0.39 is 10.0 Å². The minimum atomic E-state index is -3.52. The summed E-state index contributed by atoms with van der Waals surface area (Å²) >= 11 is 1.29. The van der Waals surface area contributed by atoms with E-state index in [9.17, 15) is 8.42 Å². The zero-order valence-electron chi connectivity index (χ0n) is 10.8. The summed E-state index contributed by atoms with van der Waals surface area (Å²) < 4.78 is 31.8. The molecule has 104 valence electrons. The molecule has 0 amide bonds. The predicted molar refractivity (Wildman–Crippen MR) is 71.3 cm³/mol. The Kier molecular flexibility index (Phi) is 5.74. The number of methoxy groups -OCH3 is 1. The monoisotopic (exact) mass is 293 g/mol. The summed E-state index contributed by atoms with van der Waals surface area (Å²) in [4.78, 5) is 1.59. The highest BCUT2D eigenvalue weighted by atomic mass is 32.2. The third kappa shape index (κ3) is 4.03. The van der Waals surface area contributed by atoms with Gasteiger partial charge >= 0.3 is 0 Å². The second kappa shape index (κ2) is 6.63. The zero-order chi connectivity index (χ0) is 13.8. The number of sulfonamides is 1. The van der Waals surface area contributed by atoms with Gasteiger partial charge in [-0.25, -0.2) is 13.1 Å². The van der Waals surface area contributed by atoms with Crippen LogP contribution in [-0.4, -0.2) is 33.3 Å². The van der Waals surface area contributed by atoms with Gasteiger partial charge in [0, 0.05) is 29.5 Å².